The Labute approximate surface area is 163 Å². The van der Waals surface area contributed by atoms with Crippen molar-refractivity contribution in [2.24, 2.45) is 0 Å². The van der Waals surface area contributed by atoms with Crippen molar-refractivity contribution in [1.29, 1.82) is 0 Å². The quantitative estimate of drug-likeness (QED) is 0.232. The lowest BCUT2D eigenvalue weighted by Gasteiger charge is -2.28. The number of carbonyl (C=O) groups is 2. The van der Waals surface area contributed by atoms with E-state index in [0.717, 1.165) is 0 Å². The smallest absolute Gasteiger partial charge is 0.305 e. The van der Waals surface area contributed by atoms with Gasteiger partial charge in [0.05, 0.1) is 72.8 Å². The van der Waals surface area contributed by atoms with E-state index in [1.807, 2.05) is 21.1 Å². The van der Waals surface area contributed by atoms with Crippen molar-refractivity contribution < 1.29 is 39.1 Å². The van der Waals surface area contributed by atoms with E-state index in [0.29, 0.717) is 29.6 Å². The molecule has 15 nitrogen and oxygen atoms in total. The van der Waals surface area contributed by atoms with Crippen LogP contribution in [0.3, 0.4) is 0 Å². The molecule has 1 amide bonds. The highest BCUT2D eigenvalue weighted by Gasteiger charge is 2.24. The average Bonchev–Trinajstić information content (AvgIpc) is 2.52. The van der Waals surface area contributed by atoms with E-state index in [9.17, 15) is 45.0 Å². The summed E-state index contributed by atoms with van der Waals surface area (Å²) < 4.78 is 0.624. The Kier molecular flexibility index (Phi) is 9.05. The molecule has 1 aromatic rings. The molecule has 0 heterocycles. The number of nitro benzene ring substituents is 3. The van der Waals surface area contributed by atoms with Crippen molar-refractivity contribution in [3.05, 3.63) is 42.5 Å². The van der Waals surface area contributed by atoms with Crippen LogP contribution in [0.2, 0.25) is 0 Å². The van der Waals surface area contributed by atoms with E-state index in [2.05, 4.69) is 5.32 Å². The highest BCUT2D eigenvalue weighted by Crippen LogP contribution is 2.36. The van der Waals surface area contributed by atoms with Crippen LogP contribution in [0.25, 0.3) is 0 Å². The van der Waals surface area contributed by atoms with Crippen LogP contribution in [0.5, 0.6) is 5.75 Å². The highest BCUT2D eigenvalue weighted by atomic mass is 16.6. The van der Waals surface area contributed by atoms with Gasteiger partial charge in [-0.15, -0.1) is 0 Å². The van der Waals surface area contributed by atoms with Gasteiger partial charge in [0.15, 0.2) is 0 Å². The molecule has 0 aliphatic rings. The van der Waals surface area contributed by atoms with Crippen LogP contribution in [-0.2, 0) is 9.59 Å². The van der Waals surface area contributed by atoms with E-state index in [1.165, 1.54) is 0 Å². The van der Waals surface area contributed by atoms with E-state index < -0.39 is 43.6 Å². The number of nitrogens with one attached hydrogen (secondary N) is 1. The number of hydrogen-bond acceptors (Lipinski definition) is 9. The lowest BCUT2D eigenvalue weighted by Crippen LogP contribution is -2.47. The molecule has 1 rings (SSSR count). The number of benzene rings is 1. The van der Waals surface area contributed by atoms with Gasteiger partial charge in [0.1, 0.15) is 0 Å². The lowest BCUT2D eigenvalue weighted by atomic mass is 10.2. The Balaban J connectivity index is 0.000000555. The monoisotopic (exact) mass is 417 g/mol. The molecule has 0 unspecified atom stereocenters. The Morgan fingerprint density at radius 1 is 1.10 bits per heavy atom. The van der Waals surface area contributed by atoms with Crippen molar-refractivity contribution in [1.82, 2.24) is 5.32 Å². The van der Waals surface area contributed by atoms with Crippen molar-refractivity contribution in [3.63, 3.8) is 0 Å². The zero-order valence-electron chi connectivity index (χ0n) is 15.6. The first kappa shape index (κ1) is 25.1. The summed E-state index contributed by atoms with van der Waals surface area (Å²) >= 11 is 0. The van der Waals surface area contributed by atoms with Gasteiger partial charge in [0, 0.05) is 0 Å². The summed E-state index contributed by atoms with van der Waals surface area (Å²) in [6, 6.07) is 0.472. The molecule has 0 aliphatic carbocycles. The number of carboxylic acids is 1. The second-order valence-corrected chi connectivity index (χ2v) is 6.64. The molecule has 2 N–H and O–H groups in total. The minimum atomic E-state index is -1.46. The maximum absolute atomic E-state index is 11.1. The fourth-order valence-electron chi connectivity index (χ4n) is 2.11. The van der Waals surface area contributed by atoms with Crippen LogP contribution in [0.15, 0.2) is 12.1 Å². The summed E-state index contributed by atoms with van der Waals surface area (Å²) in [6.45, 7) is 0.602. The number of non-ortho nitro benzene ring substituents is 1. The first-order valence-corrected chi connectivity index (χ1v) is 7.69. The largest absolute Gasteiger partial charge is 0.863 e. The minimum Gasteiger partial charge on any atom is -0.863 e. The third kappa shape index (κ3) is 9.05. The number of carbonyl (C=O) groups excluding carboxylic acids is 1. The van der Waals surface area contributed by atoms with Crippen LogP contribution in [0.1, 0.15) is 6.42 Å². The summed E-state index contributed by atoms with van der Waals surface area (Å²) in [4.78, 5) is 48.1. The zero-order chi connectivity index (χ0) is 22.9. The summed E-state index contributed by atoms with van der Waals surface area (Å²) in [5.74, 6) is -2.35. The second kappa shape index (κ2) is 10.5. The van der Waals surface area contributed by atoms with E-state index in [4.69, 9.17) is 5.11 Å². The van der Waals surface area contributed by atoms with Crippen LogP contribution >= 0.6 is 0 Å². The van der Waals surface area contributed by atoms with Crippen LogP contribution < -0.4 is 10.4 Å². The van der Waals surface area contributed by atoms with Gasteiger partial charge < -0.3 is 20.0 Å². The highest BCUT2D eigenvalue weighted by molar-refractivity contribution is 5.68. The van der Waals surface area contributed by atoms with Gasteiger partial charge in [-0.25, -0.2) is 0 Å². The molecule has 0 bridgehead atoms. The molecule has 15 heteroatoms. The Hall–Kier alpha value is -3.88. The van der Waals surface area contributed by atoms with Crippen molar-refractivity contribution in [2.45, 2.75) is 12.5 Å². The maximum atomic E-state index is 11.1. The van der Waals surface area contributed by atoms with Crippen LogP contribution in [0.4, 0.5) is 17.1 Å². The van der Waals surface area contributed by atoms with E-state index in [1.54, 1.807) is 0 Å². The molecule has 0 aliphatic heterocycles. The molecule has 29 heavy (non-hydrogen) atoms. The first-order chi connectivity index (χ1) is 13.2. The topological polar surface area (TPSA) is 219 Å². The fourth-order valence-corrected chi connectivity index (χ4v) is 2.11. The van der Waals surface area contributed by atoms with Gasteiger partial charge in [-0.05, 0) is 0 Å². The molecule has 1 atom stereocenters. The SMILES string of the molecule is C[N+](C)(C)C[C@@H](CC(=O)O)NC=O.O=[N+]([O-])c1cc([N+](=O)[O-])c([O-])c([N+](=O)[O-])c1. The van der Waals surface area contributed by atoms with Gasteiger partial charge in [0.2, 0.25) is 6.41 Å². The third-order valence-corrected chi connectivity index (χ3v) is 3.13. The number of nitrogens with zero attached hydrogens (tertiary/aromatic N) is 4. The van der Waals surface area contributed by atoms with Crippen molar-refractivity contribution >= 4 is 29.4 Å². The fraction of sp³-hybridized carbons (Fsp3) is 0.429. The first-order valence-electron chi connectivity index (χ1n) is 7.69. The Morgan fingerprint density at radius 3 is 1.83 bits per heavy atom. The number of carboxylic acid groups (broad SMARTS) is 1. The second-order valence-electron chi connectivity index (χ2n) is 6.64. The van der Waals surface area contributed by atoms with E-state index in [-0.39, 0.29) is 12.5 Å². The average molecular weight is 417 g/mol. The number of aliphatic carboxylic acids is 1. The van der Waals surface area contributed by atoms with Crippen molar-refractivity contribution in [3.8, 4) is 5.75 Å². The maximum Gasteiger partial charge on any atom is 0.305 e. The van der Waals surface area contributed by atoms with Crippen molar-refractivity contribution in [2.75, 3.05) is 27.7 Å². The molecule has 0 radical (unpaired) electrons. The molecule has 0 fully saturated rings. The predicted octanol–water partition coefficient (Wildman–Crippen LogP) is -0.233. The molecule has 160 valence electrons. The summed E-state index contributed by atoms with van der Waals surface area (Å²) in [7, 11) is 5.84. The normalized spacial score (nSPS) is 11.4. The summed E-state index contributed by atoms with van der Waals surface area (Å²) in [5, 5.41) is 53.1. The zero-order valence-corrected chi connectivity index (χ0v) is 15.6. The number of quaternary nitrogens is 1. The number of hydrogen-bond donors (Lipinski definition) is 2. The van der Waals surface area contributed by atoms with Gasteiger partial charge in [-0.3, -0.25) is 39.9 Å². The molecule has 0 saturated carbocycles. The molecular weight excluding hydrogens is 398 g/mol. The number of likely N-dealkylation sites (N-methyl/N-ethyl adjacent to an activating group) is 1. The van der Waals surface area contributed by atoms with Gasteiger partial charge >= 0.3 is 5.97 Å². The van der Waals surface area contributed by atoms with E-state index >= 15 is 0 Å². The standard InChI is InChI=1S/C8H16N2O3.C6H3N3O7/c1-10(2,3)5-7(9-6-11)4-8(12)13;10-6-4(8(13)14)1-3(7(11)12)2-5(6)9(15)16/h6-7H,4-5H2,1-3H3,(H-,9,11,12,13);1-2,10H/t7-;/m1./s1. The minimum absolute atomic E-state index is 0.0335. The summed E-state index contributed by atoms with van der Waals surface area (Å²) in [5.41, 5.74) is -3.26. The third-order valence-electron chi connectivity index (χ3n) is 3.13. The summed E-state index contributed by atoms with van der Waals surface area (Å²) in [6.07, 6.45) is 0.511. The Bertz CT molecular complexity index is 769. The molecular formula is C14H19N5O10. The van der Waals surface area contributed by atoms with Gasteiger partial charge in [-0.2, -0.15) is 0 Å². The van der Waals surface area contributed by atoms with Crippen LogP contribution in [0, 0.1) is 30.3 Å². The molecule has 1 aromatic carbocycles. The Morgan fingerprint density at radius 2 is 1.55 bits per heavy atom. The van der Waals surface area contributed by atoms with Gasteiger partial charge in [0.25, 0.3) is 17.1 Å². The number of nitro groups is 3. The lowest BCUT2D eigenvalue weighted by molar-refractivity contribution is -0.871. The van der Waals surface area contributed by atoms with Gasteiger partial charge in [-0.1, -0.05) is 0 Å². The number of rotatable bonds is 9. The molecule has 0 aromatic heterocycles. The number of amides is 1. The molecule has 0 spiro atoms. The predicted molar refractivity (Wildman–Crippen MR) is 94.0 cm³/mol. The molecule has 0 saturated heterocycles. The van der Waals surface area contributed by atoms with Crippen LogP contribution in [-0.4, -0.2) is 70.5 Å².